The van der Waals surface area contributed by atoms with Crippen LogP contribution >= 0.6 is 34.5 Å². The summed E-state index contributed by atoms with van der Waals surface area (Å²) in [6.07, 6.45) is 0. The molecule has 2 aromatic rings. The van der Waals surface area contributed by atoms with Gasteiger partial charge in [0.15, 0.2) is 12.4 Å². The molecule has 2 rings (SSSR count). The van der Waals surface area contributed by atoms with Gasteiger partial charge in [-0.2, -0.15) is 0 Å². The van der Waals surface area contributed by atoms with Crippen molar-refractivity contribution >= 4 is 46.3 Å². The van der Waals surface area contributed by atoms with Crippen molar-refractivity contribution in [1.82, 2.24) is 0 Å². The second kappa shape index (κ2) is 7.13. The molecule has 0 fully saturated rings. The Morgan fingerprint density at radius 3 is 2.32 bits per heavy atom. The predicted octanol–water partition coefficient (Wildman–Crippen LogP) is 4.41. The SMILES string of the molecule is COc1c(Cl)cc(C(=O)OCC(=O)c2ccc(C)s2)cc1Cl. The van der Waals surface area contributed by atoms with Crippen LogP contribution in [0, 0.1) is 6.92 Å². The topological polar surface area (TPSA) is 52.6 Å². The number of esters is 1. The minimum atomic E-state index is -0.673. The van der Waals surface area contributed by atoms with Crippen LogP contribution in [0.3, 0.4) is 0 Å². The van der Waals surface area contributed by atoms with Gasteiger partial charge < -0.3 is 9.47 Å². The highest BCUT2D eigenvalue weighted by molar-refractivity contribution is 7.14. The van der Waals surface area contributed by atoms with Crippen LogP contribution in [-0.2, 0) is 4.74 Å². The number of methoxy groups -OCH3 is 1. The van der Waals surface area contributed by atoms with Crippen molar-refractivity contribution in [2.24, 2.45) is 0 Å². The number of rotatable bonds is 5. The number of carbonyl (C=O) groups is 2. The first-order valence-electron chi connectivity index (χ1n) is 6.22. The quantitative estimate of drug-likeness (QED) is 0.586. The minimum Gasteiger partial charge on any atom is -0.494 e. The lowest BCUT2D eigenvalue weighted by Gasteiger charge is -2.08. The molecule has 0 N–H and O–H groups in total. The normalized spacial score (nSPS) is 10.4. The third-order valence-corrected chi connectivity index (χ3v) is 4.39. The van der Waals surface area contributed by atoms with Crippen LogP contribution in [0.4, 0.5) is 0 Å². The zero-order chi connectivity index (χ0) is 16.3. The van der Waals surface area contributed by atoms with Crippen molar-refractivity contribution in [2.45, 2.75) is 6.92 Å². The Labute approximate surface area is 141 Å². The average molecular weight is 359 g/mol. The van der Waals surface area contributed by atoms with Crippen LogP contribution in [0.25, 0.3) is 0 Å². The molecule has 0 spiro atoms. The molecule has 0 saturated carbocycles. The van der Waals surface area contributed by atoms with Gasteiger partial charge in [-0.15, -0.1) is 11.3 Å². The van der Waals surface area contributed by atoms with Crippen LogP contribution in [0.5, 0.6) is 5.75 Å². The van der Waals surface area contributed by atoms with Gasteiger partial charge in [0, 0.05) is 4.88 Å². The van der Waals surface area contributed by atoms with E-state index < -0.39 is 5.97 Å². The Kier molecular flexibility index (Phi) is 5.45. The molecule has 1 aromatic carbocycles. The van der Waals surface area contributed by atoms with E-state index in [1.165, 1.54) is 30.6 Å². The van der Waals surface area contributed by atoms with Crippen LogP contribution in [0.1, 0.15) is 24.9 Å². The maximum atomic E-state index is 12.0. The Morgan fingerprint density at radius 1 is 1.18 bits per heavy atom. The van der Waals surface area contributed by atoms with Gasteiger partial charge in [-0.1, -0.05) is 23.2 Å². The number of benzene rings is 1. The maximum Gasteiger partial charge on any atom is 0.338 e. The number of aryl methyl sites for hydroxylation is 1. The lowest BCUT2D eigenvalue weighted by atomic mass is 10.2. The predicted molar refractivity (Wildman–Crippen MR) is 86.7 cm³/mol. The summed E-state index contributed by atoms with van der Waals surface area (Å²) in [7, 11) is 1.42. The van der Waals surface area contributed by atoms with Gasteiger partial charge in [0.05, 0.1) is 27.6 Å². The van der Waals surface area contributed by atoms with Crippen molar-refractivity contribution in [2.75, 3.05) is 13.7 Å². The fourth-order valence-corrected chi connectivity index (χ4v) is 3.18. The number of hydrogen-bond acceptors (Lipinski definition) is 5. The molecule has 0 bridgehead atoms. The number of Topliss-reactive ketones (excluding diaryl/α,β-unsaturated/α-hetero) is 1. The van der Waals surface area contributed by atoms with E-state index in [0.717, 1.165) is 4.88 Å². The summed E-state index contributed by atoms with van der Waals surface area (Å²) in [6.45, 7) is 1.56. The second-order valence-corrected chi connectivity index (χ2v) is 6.49. The Bertz CT molecular complexity index is 701. The molecule has 1 aromatic heterocycles. The summed E-state index contributed by atoms with van der Waals surface area (Å²) in [4.78, 5) is 25.4. The van der Waals surface area contributed by atoms with Gasteiger partial charge in [-0.3, -0.25) is 4.79 Å². The lowest BCUT2D eigenvalue weighted by Crippen LogP contribution is -2.13. The van der Waals surface area contributed by atoms with Crippen LogP contribution < -0.4 is 4.74 Å². The van der Waals surface area contributed by atoms with Crippen molar-refractivity contribution in [3.05, 3.63) is 49.6 Å². The fourth-order valence-electron chi connectivity index (χ4n) is 1.74. The molecule has 116 valence electrons. The minimum absolute atomic E-state index is 0.158. The lowest BCUT2D eigenvalue weighted by molar-refractivity contribution is 0.0476. The highest BCUT2D eigenvalue weighted by Crippen LogP contribution is 2.34. The van der Waals surface area contributed by atoms with E-state index in [1.807, 2.05) is 13.0 Å². The maximum absolute atomic E-state index is 12.0. The van der Waals surface area contributed by atoms with E-state index in [-0.39, 0.29) is 33.7 Å². The molecule has 0 unspecified atom stereocenters. The third-order valence-electron chi connectivity index (χ3n) is 2.79. The monoisotopic (exact) mass is 358 g/mol. The fraction of sp³-hybridized carbons (Fsp3) is 0.200. The van der Waals surface area contributed by atoms with E-state index in [4.69, 9.17) is 32.7 Å². The molecule has 0 aliphatic carbocycles. The first kappa shape index (κ1) is 16.8. The van der Waals surface area contributed by atoms with E-state index in [0.29, 0.717) is 4.88 Å². The average Bonchev–Trinajstić information content (AvgIpc) is 2.90. The molecular formula is C15H12Cl2O4S. The summed E-state index contributed by atoms with van der Waals surface area (Å²) in [6, 6.07) is 6.31. The molecule has 0 aliphatic heterocycles. The molecule has 0 atom stereocenters. The molecule has 1 heterocycles. The summed E-state index contributed by atoms with van der Waals surface area (Å²) < 4.78 is 10.00. The van der Waals surface area contributed by atoms with Crippen LogP contribution in [0.2, 0.25) is 10.0 Å². The summed E-state index contributed by atoms with van der Waals surface area (Å²) in [5.41, 5.74) is 0.158. The van der Waals surface area contributed by atoms with Crippen LogP contribution in [-0.4, -0.2) is 25.5 Å². The van der Waals surface area contributed by atoms with Crippen LogP contribution in [0.15, 0.2) is 24.3 Å². The highest BCUT2D eigenvalue weighted by atomic mass is 35.5. The Morgan fingerprint density at radius 2 is 1.82 bits per heavy atom. The van der Waals surface area contributed by atoms with Crippen molar-refractivity contribution < 1.29 is 19.1 Å². The standard InChI is InChI=1S/C15H12Cl2O4S/c1-8-3-4-13(22-8)12(18)7-21-15(19)9-5-10(16)14(20-2)11(17)6-9/h3-6H,7H2,1-2H3. The van der Waals surface area contributed by atoms with E-state index in [9.17, 15) is 9.59 Å². The second-order valence-electron chi connectivity index (χ2n) is 4.38. The molecule has 0 amide bonds. The van der Waals surface area contributed by atoms with Gasteiger partial charge in [-0.25, -0.2) is 4.79 Å². The summed E-state index contributed by atoms with van der Waals surface area (Å²) >= 11 is 13.3. The summed E-state index contributed by atoms with van der Waals surface area (Å²) in [5, 5.41) is 0.393. The van der Waals surface area contributed by atoms with Gasteiger partial charge in [0.2, 0.25) is 5.78 Å². The van der Waals surface area contributed by atoms with Gasteiger partial charge in [0.25, 0.3) is 0 Å². The van der Waals surface area contributed by atoms with Crippen molar-refractivity contribution in [1.29, 1.82) is 0 Å². The Balaban J connectivity index is 2.05. The number of carbonyl (C=O) groups excluding carboxylic acids is 2. The van der Waals surface area contributed by atoms with E-state index in [2.05, 4.69) is 0 Å². The largest absolute Gasteiger partial charge is 0.494 e. The highest BCUT2D eigenvalue weighted by Gasteiger charge is 2.16. The molecule has 7 heteroatoms. The third kappa shape index (κ3) is 3.80. The first-order chi connectivity index (χ1) is 10.4. The summed E-state index contributed by atoms with van der Waals surface area (Å²) in [5.74, 6) is -0.643. The van der Waals surface area contributed by atoms with E-state index >= 15 is 0 Å². The zero-order valence-corrected chi connectivity index (χ0v) is 14.1. The van der Waals surface area contributed by atoms with Gasteiger partial charge in [-0.05, 0) is 31.2 Å². The number of ether oxygens (including phenoxy) is 2. The molecule has 0 radical (unpaired) electrons. The molecular weight excluding hydrogens is 347 g/mol. The van der Waals surface area contributed by atoms with Gasteiger partial charge in [0.1, 0.15) is 0 Å². The number of ketones is 1. The first-order valence-corrected chi connectivity index (χ1v) is 7.79. The number of hydrogen-bond donors (Lipinski definition) is 0. The zero-order valence-electron chi connectivity index (χ0n) is 11.8. The molecule has 0 saturated heterocycles. The molecule has 22 heavy (non-hydrogen) atoms. The number of thiophene rings is 1. The van der Waals surface area contributed by atoms with E-state index in [1.54, 1.807) is 6.07 Å². The molecule has 0 aliphatic rings. The number of halogens is 2. The van der Waals surface area contributed by atoms with Crippen molar-refractivity contribution in [3.8, 4) is 5.75 Å². The molecule has 4 nitrogen and oxygen atoms in total. The smallest absolute Gasteiger partial charge is 0.338 e. The Hall–Kier alpha value is -1.56. The van der Waals surface area contributed by atoms with Gasteiger partial charge >= 0.3 is 5.97 Å². The van der Waals surface area contributed by atoms with Crippen molar-refractivity contribution in [3.63, 3.8) is 0 Å².